The molecule has 24 heavy (non-hydrogen) atoms. The van der Waals surface area contributed by atoms with Crippen LogP contribution in [0.2, 0.25) is 0 Å². The Morgan fingerprint density at radius 3 is 2.79 bits per heavy atom. The molecule has 2 heterocycles. The van der Waals surface area contributed by atoms with Crippen molar-refractivity contribution in [2.75, 3.05) is 13.7 Å². The number of nitrogens with zero attached hydrogens (tertiary/aromatic N) is 2. The Labute approximate surface area is 141 Å². The zero-order valence-corrected chi connectivity index (χ0v) is 14.0. The van der Waals surface area contributed by atoms with Gasteiger partial charge < -0.3 is 14.2 Å². The molecule has 1 aromatic heterocycles. The van der Waals surface area contributed by atoms with Crippen LogP contribution in [0.25, 0.3) is 0 Å². The highest BCUT2D eigenvalue weighted by Gasteiger charge is 2.34. The largest absolute Gasteiger partial charge is 0.497 e. The maximum atomic E-state index is 13.1. The van der Waals surface area contributed by atoms with E-state index in [0.29, 0.717) is 5.69 Å². The van der Waals surface area contributed by atoms with Gasteiger partial charge in [-0.25, -0.2) is 0 Å². The van der Waals surface area contributed by atoms with Crippen molar-refractivity contribution in [2.45, 2.75) is 44.6 Å². The van der Waals surface area contributed by atoms with Gasteiger partial charge in [-0.3, -0.25) is 4.79 Å². The van der Waals surface area contributed by atoms with Crippen LogP contribution in [0.4, 0.5) is 0 Å². The van der Waals surface area contributed by atoms with E-state index in [2.05, 4.69) is 5.16 Å². The number of benzene rings is 1. The number of aromatic nitrogens is 1. The van der Waals surface area contributed by atoms with E-state index >= 15 is 0 Å². The van der Waals surface area contributed by atoms with Gasteiger partial charge in [0, 0.05) is 18.5 Å². The Kier molecular flexibility index (Phi) is 4.00. The molecule has 0 radical (unpaired) electrons. The first-order valence-corrected chi connectivity index (χ1v) is 8.70. The summed E-state index contributed by atoms with van der Waals surface area (Å²) in [4.78, 5) is 15.0. The highest BCUT2D eigenvalue weighted by atomic mass is 16.5. The van der Waals surface area contributed by atoms with Gasteiger partial charge in [-0.05, 0) is 49.8 Å². The molecule has 1 aliphatic heterocycles. The normalized spacial score (nSPS) is 20.0. The maximum Gasteiger partial charge on any atom is 0.276 e. The van der Waals surface area contributed by atoms with E-state index in [1.54, 1.807) is 7.11 Å². The molecular weight excluding hydrogens is 304 g/mol. The van der Waals surface area contributed by atoms with Crippen molar-refractivity contribution in [3.8, 4) is 5.75 Å². The number of aryl methyl sites for hydroxylation is 1. The second-order valence-electron chi connectivity index (χ2n) is 6.57. The lowest BCUT2D eigenvalue weighted by Crippen LogP contribution is -2.31. The van der Waals surface area contributed by atoms with Crippen molar-refractivity contribution in [3.05, 3.63) is 46.8 Å². The summed E-state index contributed by atoms with van der Waals surface area (Å²) >= 11 is 0. The number of likely N-dealkylation sites (tertiary alicyclic amines) is 1. The third-order valence-corrected chi connectivity index (χ3v) is 5.17. The smallest absolute Gasteiger partial charge is 0.276 e. The van der Waals surface area contributed by atoms with Crippen molar-refractivity contribution < 1.29 is 14.1 Å². The first-order valence-electron chi connectivity index (χ1n) is 8.70. The third-order valence-electron chi connectivity index (χ3n) is 5.17. The number of hydrogen-bond acceptors (Lipinski definition) is 4. The number of fused-ring (bicyclic) bond motifs is 1. The zero-order chi connectivity index (χ0) is 16.5. The van der Waals surface area contributed by atoms with Crippen LogP contribution < -0.4 is 4.74 Å². The first-order chi connectivity index (χ1) is 11.8. The summed E-state index contributed by atoms with van der Waals surface area (Å²) in [6, 6.07) is 8.11. The van der Waals surface area contributed by atoms with Crippen molar-refractivity contribution in [1.82, 2.24) is 10.1 Å². The van der Waals surface area contributed by atoms with Crippen LogP contribution in [0.5, 0.6) is 5.75 Å². The zero-order valence-electron chi connectivity index (χ0n) is 14.0. The molecule has 1 saturated heterocycles. The van der Waals surface area contributed by atoms with Gasteiger partial charge in [0.25, 0.3) is 5.91 Å². The standard InChI is InChI=1S/C19H22N2O3/c1-23-14-10-8-13(9-11-14)16-6-4-12-21(16)19(22)18-15-5-2-3-7-17(15)24-20-18/h8-11,16H,2-7,12H2,1H3. The van der Waals surface area contributed by atoms with Crippen LogP contribution in [0.1, 0.15) is 59.1 Å². The van der Waals surface area contributed by atoms with E-state index in [0.717, 1.165) is 67.7 Å². The average Bonchev–Trinajstić information content (AvgIpc) is 3.28. The SMILES string of the molecule is COc1ccc(C2CCCN2C(=O)c2noc3c2CCCC3)cc1. The minimum Gasteiger partial charge on any atom is -0.497 e. The predicted octanol–water partition coefficient (Wildman–Crippen LogP) is 3.54. The Balaban J connectivity index is 1.60. The fraction of sp³-hybridized carbons (Fsp3) is 0.474. The average molecular weight is 326 g/mol. The molecule has 1 unspecified atom stereocenters. The van der Waals surface area contributed by atoms with E-state index in [4.69, 9.17) is 9.26 Å². The number of amides is 1. The Bertz CT molecular complexity index is 736. The van der Waals surface area contributed by atoms with E-state index in [1.807, 2.05) is 29.2 Å². The molecule has 1 aliphatic carbocycles. The highest BCUT2D eigenvalue weighted by molar-refractivity contribution is 5.94. The second kappa shape index (κ2) is 6.30. The Hall–Kier alpha value is -2.30. The quantitative estimate of drug-likeness (QED) is 0.866. The van der Waals surface area contributed by atoms with Crippen LogP contribution >= 0.6 is 0 Å². The summed E-state index contributed by atoms with van der Waals surface area (Å²) in [5, 5.41) is 4.11. The number of ether oxygens (including phenoxy) is 1. The molecule has 4 rings (SSSR count). The van der Waals surface area contributed by atoms with Crippen LogP contribution in [0, 0.1) is 0 Å². The lowest BCUT2D eigenvalue weighted by Gasteiger charge is -2.25. The molecule has 1 amide bonds. The van der Waals surface area contributed by atoms with Gasteiger partial charge in [-0.15, -0.1) is 0 Å². The molecule has 0 bridgehead atoms. The molecule has 0 saturated carbocycles. The van der Waals surface area contributed by atoms with E-state index in [-0.39, 0.29) is 11.9 Å². The molecule has 1 aromatic carbocycles. The summed E-state index contributed by atoms with van der Waals surface area (Å²) in [6.45, 7) is 0.775. The molecule has 5 nitrogen and oxygen atoms in total. The van der Waals surface area contributed by atoms with Crippen LogP contribution in [0.3, 0.4) is 0 Å². The first kappa shape index (κ1) is 15.2. The lowest BCUT2D eigenvalue weighted by molar-refractivity contribution is 0.0724. The van der Waals surface area contributed by atoms with Gasteiger partial charge in [0.1, 0.15) is 11.5 Å². The van der Waals surface area contributed by atoms with Crippen molar-refractivity contribution in [1.29, 1.82) is 0 Å². The molecule has 1 atom stereocenters. The van der Waals surface area contributed by atoms with Crippen LogP contribution in [0.15, 0.2) is 28.8 Å². The van der Waals surface area contributed by atoms with Gasteiger partial charge >= 0.3 is 0 Å². The van der Waals surface area contributed by atoms with Crippen LogP contribution in [-0.4, -0.2) is 29.6 Å². The maximum absolute atomic E-state index is 13.1. The van der Waals surface area contributed by atoms with Gasteiger partial charge in [0.2, 0.25) is 0 Å². The molecule has 0 spiro atoms. The topological polar surface area (TPSA) is 55.6 Å². The van der Waals surface area contributed by atoms with Crippen molar-refractivity contribution >= 4 is 5.91 Å². The summed E-state index contributed by atoms with van der Waals surface area (Å²) in [5.41, 5.74) is 2.72. The number of carbonyl (C=O) groups is 1. The third kappa shape index (κ3) is 2.58. The summed E-state index contributed by atoms with van der Waals surface area (Å²) in [6.07, 6.45) is 6.03. The van der Waals surface area contributed by atoms with Gasteiger partial charge in [-0.1, -0.05) is 17.3 Å². The lowest BCUT2D eigenvalue weighted by atomic mass is 9.96. The van der Waals surface area contributed by atoms with Crippen molar-refractivity contribution in [3.63, 3.8) is 0 Å². The molecule has 1 fully saturated rings. The Morgan fingerprint density at radius 1 is 1.21 bits per heavy atom. The van der Waals surface area contributed by atoms with Gasteiger partial charge in [0.05, 0.1) is 13.2 Å². The number of rotatable bonds is 3. The molecule has 126 valence electrons. The summed E-state index contributed by atoms with van der Waals surface area (Å²) < 4.78 is 10.6. The Morgan fingerprint density at radius 2 is 2.00 bits per heavy atom. The minimum atomic E-state index is 0.0141. The summed E-state index contributed by atoms with van der Waals surface area (Å²) in [7, 11) is 1.66. The van der Waals surface area contributed by atoms with Crippen molar-refractivity contribution in [2.24, 2.45) is 0 Å². The van der Waals surface area contributed by atoms with Gasteiger partial charge in [-0.2, -0.15) is 0 Å². The fourth-order valence-electron chi connectivity index (χ4n) is 3.87. The number of carbonyl (C=O) groups excluding carboxylic acids is 1. The summed E-state index contributed by atoms with van der Waals surface area (Å²) in [5.74, 6) is 1.75. The number of hydrogen-bond donors (Lipinski definition) is 0. The van der Waals surface area contributed by atoms with Crippen LogP contribution in [-0.2, 0) is 12.8 Å². The fourth-order valence-corrected chi connectivity index (χ4v) is 3.87. The minimum absolute atomic E-state index is 0.0141. The predicted molar refractivity (Wildman–Crippen MR) is 89.2 cm³/mol. The number of methoxy groups -OCH3 is 1. The van der Waals surface area contributed by atoms with E-state index in [1.165, 1.54) is 0 Å². The highest BCUT2D eigenvalue weighted by Crippen LogP contribution is 2.35. The molecule has 2 aliphatic rings. The molecule has 5 heteroatoms. The molecular formula is C19H22N2O3. The van der Waals surface area contributed by atoms with E-state index < -0.39 is 0 Å². The van der Waals surface area contributed by atoms with E-state index in [9.17, 15) is 4.79 Å². The molecule has 0 N–H and O–H groups in total. The molecule has 2 aromatic rings. The monoisotopic (exact) mass is 326 g/mol. The van der Waals surface area contributed by atoms with Gasteiger partial charge in [0.15, 0.2) is 5.69 Å². The second-order valence-corrected chi connectivity index (χ2v) is 6.57.